The maximum Gasteiger partial charge on any atom is 0.212 e. The number of halogens is 2. The minimum atomic E-state index is -0.203. The van der Waals surface area contributed by atoms with Crippen LogP contribution >= 0.6 is 27.5 Å². The summed E-state index contributed by atoms with van der Waals surface area (Å²) < 4.78 is 6.53. The van der Waals surface area contributed by atoms with E-state index in [2.05, 4.69) is 20.9 Å². The van der Waals surface area contributed by atoms with Crippen LogP contribution in [0.4, 0.5) is 0 Å². The number of oxazole rings is 1. The summed E-state index contributed by atoms with van der Waals surface area (Å²) >= 11 is 9.28. The number of alkyl halides is 1. The van der Waals surface area contributed by atoms with E-state index in [0.717, 1.165) is 15.8 Å². The molecule has 78 valence electrons. The molecule has 15 heavy (non-hydrogen) atoms. The van der Waals surface area contributed by atoms with Gasteiger partial charge < -0.3 is 4.42 Å². The first-order valence-corrected chi connectivity index (χ1v) is 5.75. The van der Waals surface area contributed by atoms with Crippen molar-refractivity contribution < 1.29 is 4.42 Å². The van der Waals surface area contributed by atoms with Crippen molar-refractivity contribution in [1.29, 1.82) is 0 Å². The van der Waals surface area contributed by atoms with Crippen LogP contribution in [0.15, 0.2) is 39.4 Å². The molecule has 1 heterocycles. The summed E-state index contributed by atoms with van der Waals surface area (Å²) in [5, 5.41) is -0.203. The summed E-state index contributed by atoms with van der Waals surface area (Å²) in [5.74, 6) is 1.28. The molecule has 4 heteroatoms. The number of hydrogen-bond acceptors (Lipinski definition) is 2. The predicted molar refractivity (Wildman–Crippen MR) is 63.9 cm³/mol. The molecule has 0 spiro atoms. The fraction of sp³-hybridized carbons (Fsp3) is 0.182. The first-order chi connectivity index (χ1) is 7.16. The molecular formula is C11H9BrClNO. The van der Waals surface area contributed by atoms with Crippen LogP contribution in [-0.4, -0.2) is 4.98 Å². The van der Waals surface area contributed by atoms with Crippen LogP contribution in [0.5, 0.6) is 0 Å². The number of nitrogens with zero attached hydrogens (tertiary/aromatic N) is 1. The predicted octanol–water partition coefficient (Wildman–Crippen LogP) is 4.40. The molecule has 0 bridgehead atoms. The molecule has 0 saturated carbocycles. The summed E-state index contributed by atoms with van der Waals surface area (Å²) in [6.07, 6.45) is 1.69. The number of hydrogen-bond donors (Lipinski definition) is 0. The molecule has 0 radical (unpaired) electrons. The summed E-state index contributed by atoms with van der Waals surface area (Å²) in [4.78, 5) is 4.11. The van der Waals surface area contributed by atoms with E-state index in [4.69, 9.17) is 16.0 Å². The molecule has 0 N–H and O–H groups in total. The average molecular weight is 287 g/mol. The smallest absolute Gasteiger partial charge is 0.212 e. The van der Waals surface area contributed by atoms with Crippen LogP contribution in [0.25, 0.3) is 11.3 Å². The second-order valence-electron chi connectivity index (χ2n) is 3.19. The normalized spacial score (nSPS) is 12.7. The van der Waals surface area contributed by atoms with Gasteiger partial charge in [-0.3, -0.25) is 0 Å². The molecule has 1 unspecified atom stereocenters. The summed E-state index contributed by atoms with van der Waals surface area (Å²) in [5.41, 5.74) is 0.987. The lowest BCUT2D eigenvalue weighted by molar-refractivity contribution is 0.508. The van der Waals surface area contributed by atoms with Gasteiger partial charge in [0.15, 0.2) is 5.76 Å². The third kappa shape index (κ3) is 2.41. The third-order valence-electron chi connectivity index (χ3n) is 1.97. The molecule has 0 aliphatic carbocycles. The van der Waals surface area contributed by atoms with Gasteiger partial charge >= 0.3 is 0 Å². The van der Waals surface area contributed by atoms with Gasteiger partial charge in [-0.15, -0.1) is 11.6 Å². The van der Waals surface area contributed by atoms with Gasteiger partial charge in [0.1, 0.15) is 5.38 Å². The Morgan fingerprint density at radius 2 is 2.27 bits per heavy atom. The van der Waals surface area contributed by atoms with Crippen molar-refractivity contribution in [2.75, 3.05) is 0 Å². The van der Waals surface area contributed by atoms with Crippen molar-refractivity contribution >= 4 is 27.5 Å². The lowest BCUT2D eigenvalue weighted by atomic mass is 10.2. The zero-order valence-electron chi connectivity index (χ0n) is 8.08. The van der Waals surface area contributed by atoms with Crippen molar-refractivity contribution in [3.05, 3.63) is 40.8 Å². The fourth-order valence-corrected chi connectivity index (χ4v) is 1.75. The van der Waals surface area contributed by atoms with Crippen LogP contribution in [0, 0.1) is 0 Å². The van der Waals surface area contributed by atoms with Gasteiger partial charge in [-0.05, 0) is 19.1 Å². The largest absolute Gasteiger partial charge is 0.439 e. The van der Waals surface area contributed by atoms with Crippen LogP contribution in [0.1, 0.15) is 18.2 Å². The molecular weight excluding hydrogens is 277 g/mol. The molecule has 1 aromatic heterocycles. The monoisotopic (exact) mass is 285 g/mol. The Balaban J connectivity index is 2.37. The lowest BCUT2D eigenvalue weighted by Gasteiger charge is -1.97. The van der Waals surface area contributed by atoms with Gasteiger partial charge in [-0.2, -0.15) is 0 Å². The quantitative estimate of drug-likeness (QED) is 0.765. The van der Waals surface area contributed by atoms with E-state index in [1.807, 2.05) is 31.2 Å². The van der Waals surface area contributed by atoms with Crippen molar-refractivity contribution in [3.63, 3.8) is 0 Å². The van der Waals surface area contributed by atoms with Gasteiger partial charge in [0.25, 0.3) is 0 Å². The van der Waals surface area contributed by atoms with Crippen LogP contribution in [-0.2, 0) is 0 Å². The van der Waals surface area contributed by atoms with Crippen LogP contribution < -0.4 is 0 Å². The first kappa shape index (κ1) is 10.7. The molecule has 1 atom stereocenters. The van der Waals surface area contributed by atoms with Gasteiger partial charge in [0, 0.05) is 10.0 Å². The molecule has 0 amide bonds. The number of benzene rings is 1. The summed E-state index contributed by atoms with van der Waals surface area (Å²) in [6.45, 7) is 1.83. The average Bonchev–Trinajstić information content (AvgIpc) is 2.66. The molecule has 0 saturated heterocycles. The summed E-state index contributed by atoms with van der Waals surface area (Å²) in [6, 6.07) is 7.85. The van der Waals surface area contributed by atoms with E-state index in [-0.39, 0.29) is 5.38 Å². The zero-order chi connectivity index (χ0) is 10.8. The van der Waals surface area contributed by atoms with Crippen molar-refractivity contribution in [3.8, 4) is 11.3 Å². The molecule has 0 fully saturated rings. The highest BCUT2D eigenvalue weighted by molar-refractivity contribution is 9.10. The van der Waals surface area contributed by atoms with E-state index in [1.54, 1.807) is 6.20 Å². The Labute approximate surface area is 101 Å². The second kappa shape index (κ2) is 4.37. The van der Waals surface area contributed by atoms with Crippen molar-refractivity contribution in [2.45, 2.75) is 12.3 Å². The molecule has 0 aliphatic rings. The summed E-state index contributed by atoms with van der Waals surface area (Å²) in [7, 11) is 0. The SMILES string of the molecule is CC(Cl)c1ncc(-c2cccc(Br)c2)o1. The van der Waals surface area contributed by atoms with Crippen molar-refractivity contribution in [1.82, 2.24) is 4.98 Å². The Hall–Kier alpha value is -0.800. The Bertz CT molecular complexity index is 467. The Morgan fingerprint density at radius 3 is 2.87 bits per heavy atom. The van der Waals surface area contributed by atoms with Crippen molar-refractivity contribution in [2.24, 2.45) is 0 Å². The van der Waals surface area contributed by atoms with E-state index >= 15 is 0 Å². The van der Waals surface area contributed by atoms with Gasteiger partial charge in [-0.1, -0.05) is 28.1 Å². The molecule has 2 rings (SSSR count). The van der Waals surface area contributed by atoms with Gasteiger partial charge in [-0.25, -0.2) is 4.98 Å². The molecule has 1 aromatic carbocycles. The molecule has 2 nitrogen and oxygen atoms in total. The minimum Gasteiger partial charge on any atom is -0.439 e. The highest BCUT2D eigenvalue weighted by Gasteiger charge is 2.10. The Kier molecular flexibility index (Phi) is 3.12. The van der Waals surface area contributed by atoms with E-state index < -0.39 is 0 Å². The fourth-order valence-electron chi connectivity index (χ4n) is 1.25. The standard InChI is InChI=1S/C11H9BrClNO/c1-7(13)11-14-6-10(15-11)8-3-2-4-9(12)5-8/h2-7H,1H3. The molecule has 0 aliphatic heterocycles. The van der Waals surface area contributed by atoms with Gasteiger partial charge in [0.05, 0.1) is 6.20 Å². The van der Waals surface area contributed by atoms with E-state index in [9.17, 15) is 0 Å². The highest BCUT2D eigenvalue weighted by Crippen LogP contribution is 2.27. The second-order valence-corrected chi connectivity index (χ2v) is 4.76. The van der Waals surface area contributed by atoms with Crippen LogP contribution in [0.2, 0.25) is 0 Å². The highest BCUT2D eigenvalue weighted by atomic mass is 79.9. The first-order valence-electron chi connectivity index (χ1n) is 4.52. The minimum absolute atomic E-state index is 0.203. The van der Waals surface area contributed by atoms with E-state index in [1.165, 1.54) is 0 Å². The number of rotatable bonds is 2. The Morgan fingerprint density at radius 1 is 1.47 bits per heavy atom. The number of aromatic nitrogens is 1. The maximum absolute atomic E-state index is 5.87. The van der Waals surface area contributed by atoms with E-state index in [0.29, 0.717) is 5.89 Å². The zero-order valence-corrected chi connectivity index (χ0v) is 10.4. The maximum atomic E-state index is 5.87. The molecule has 2 aromatic rings. The van der Waals surface area contributed by atoms with Gasteiger partial charge in [0.2, 0.25) is 5.89 Å². The lowest BCUT2D eigenvalue weighted by Crippen LogP contribution is -1.80. The third-order valence-corrected chi connectivity index (χ3v) is 2.65. The topological polar surface area (TPSA) is 26.0 Å². The van der Waals surface area contributed by atoms with Crippen LogP contribution in [0.3, 0.4) is 0 Å².